The second-order valence-electron chi connectivity index (χ2n) is 7.85. The summed E-state index contributed by atoms with van der Waals surface area (Å²) in [5, 5.41) is 0. The standard InChI is InChI=1S/C24H28N2O3/c1-2-16-29-21-10-8-20(9-11-21)26-23(27)17-22(24(26)28)25-14-12-19(13-15-25)18-6-4-3-5-7-18/h3-11,19,22H,2,12-17H2,1H3. The van der Waals surface area contributed by atoms with Crippen LogP contribution in [0, 0.1) is 0 Å². The van der Waals surface area contributed by atoms with Crippen LogP contribution in [-0.2, 0) is 9.59 Å². The van der Waals surface area contributed by atoms with Crippen molar-refractivity contribution in [2.75, 3.05) is 24.6 Å². The Labute approximate surface area is 172 Å². The number of carbonyl (C=O) groups excluding carboxylic acids is 2. The van der Waals surface area contributed by atoms with Gasteiger partial charge in [-0.05, 0) is 68.1 Å². The minimum atomic E-state index is -0.338. The first-order valence-electron chi connectivity index (χ1n) is 10.6. The number of amides is 2. The molecule has 2 heterocycles. The Morgan fingerprint density at radius 3 is 2.31 bits per heavy atom. The Hall–Kier alpha value is -2.66. The first-order chi connectivity index (χ1) is 14.2. The maximum atomic E-state index is 13.1. The summed E-state index contributed by atoms with van der Waals surface area (Å²) in [6, 6.07) is 17.5. The highest BCUT2D eigenvalue weighted by Gasteiger charge is 2.43. The number of benzene rings is 2. The van der Waals surface area contributed by atoms with Crippen LogP contribution in [0.3, 0.4) is 0 Å². The van der Waals surface area contributed by atoms with Crippen LogP contribution in [0.1, 0.15) is 44.1 Å². The van der Waals surface area contributed by atoms with Crippen molar-refractivity contribution in [1.29, 1.82) is 0 Å². The fraction of sp³-hybridized carbons (Fsp3) is 0.417. The molecule has 1 unspecified atom stereocenters. The zero-order valence-electron chi connectivity index (χ0n) is 16.9. The van der Waals surface area contributed by atoms with Crippen LogP contribution in [0.2, 0.25) is 0 Å². The number of nitrogens with zero attached hydrogens (tertiary/aromatic N) is 2. The molecule has 0 saturated carbocycles. The van der Waals surface area contributed by atoms with Crippen molar-refractivity contribution in [3.8, 4) is 5.75 Å². The number of rotatable bonds is 6. The molecule has 2 amide bonds. The van der Waals surface area contributed by atoms with E-state index in [0.717, 1.165) is 38.1 Å². The van der Waals surface area contributed by atoms with Crippen molar-refractivity contribution in [2.24, 2.45) is 0 Å². The molecule has 2 saturated heterocycles. The number of anilines is 1. The van der Waals surface area contributed by atoms with Gasteiger partial charge in [0.25, 0.3) is 5.91 Å². The molecule has 0 aliphatic carbocycles. The summed E-state index contributed by atoms with van der Waals surface area (Å²) in [5.74, 6) is 1.07. The smallest absolute Gasteiger partial charge is 0.251 e. The largest absolute Gasteiger partial charge is 0.494 e. The van der Waals surface area contributed by atoms with Crippen molar-refractivity contribution in [3.05, 3.63) is 60.2 Å². The fourth-order valence-electron chi connectivity index (χ4n) is 4.35. The number of likely N-dealkylation sites (tertiary alicyclic amines) is 1. The molecule has 0 radical (unpaired) electrons. The van der Waals surface area contributed by atoms with E-state index in [1.165, 1.54) is 10.5 Å². The number of hydrogen-bond donors (Lipinski definition) is 0. The number of hydrogen-bond acceptors (Lipinski definition) is 4. The highest BCUT2D eigenvalue weighted by Crippen LogP contribution is 2.32. The predicted molar refractivity (Wildman–Crippen MR) is 113 cm³/mol. The quantitative estimate of drug-likeness (QED) is 0.698. The lowest BCUT2D eigenvalue weighted by Crippen LogP contribution is -2.45. The zero-order valence-corrected chi connectivity index (χ0v) is 16.9. The lowest BCUT2D eigenvalue weighted by molar-refractivity contribution is -0.123. The first-order valence-corrected chi connectivity index (χ1v) is 10.6. The second-order valence-corrected chi connectivity index (χ2v) is 7.85. The van der Waals surface area contributed by atoms with E-state index in [1.807, 2.05) is 18.2 Å². The van der Waals surface area contributed by atoms with Crippen LogP contribution in [0.4, 0.5) is 5.69 Å². The average molecular weight is 392 g/mol. The molecule has 2 fully saturated rings. The lowest BCUT2D eigenvalue weighted by atomic mass is 9.89. The second kappa shape index (κ2) is 8.78. The van der Waals surface area contributed by atoms with Crippen molar-refractivity contribution >= 4 is 17.5 Å². The van der Waals surface area contributed by atoms with E-state index in [4.69, 9.17) is 4.74 Å². The van der Waals surface area contributed by atoms with Gasteiger partial charge in [0.05, 0.1) is 24.8 Å². The maximum Gasteiger partial charge on any atom is 0.251 e. The molecule has 0 bridgehead atoms. The van der Waals surface area contributed by atoms with Gasteiger partial charge in [0.2, 0.25) is 5.91 Å². The molecule has 152 valence electrons. The van der Waals surface area contributed by atoms with Crippen LogP contribution >= 0.6 is 0 Å². The van der Waals surface area contributed by atoms with Crippen molar-refractivity contribution in [3.63, 3.8) is 0 Å². The molecule has 0 aromatic heterocycles. The average Bonchev–Trinajstić information content (AvgIpc) is 3.07. The molecule has 2 aromatic rings. The Balaban J connectivity index is 1.39. The molecule has 5 nitrogen and oxygen atoms in total. The van der Waals surface area contributed by atoms with Gasteiger partial charge in [0.15, 0.2) is 0 Å². The van der Waals surface area contributed by atoms with Crippen LogP contribution in [0.25, 0.3) is 0 Å². The minimum Gasteiger partial charge on any atom is -0.494 e. The maximum absolute atomic E-state index is 13.1. The molecule has 0 spiro atoms. The molecule has 2 aromatic carbocycles. The molecular formula is C24H28N2O3. The van der Waals surface area contributed by atoms with E-state index in [2.05, 4.69) is 36.1 Å². The molecular weight excluding hydrogens is 364 g/mol. The zero-order chi connectivity index (χ0) is 20.2. The van der Waals surface area contributed by atoms with Gasteiger partial charge in [0.1, 0.15) is 5.75 Å². The van der Waals surface area contributed by atoms with Gasteiger partial charge in [-0.15, -0.1) is 0 Å². The molecule has 1 atom stereocenters. The van der Waals surface area contributed by atoms with Crippen LogP contribution in [0.5, 0.6) is 5.75 Å². The summed E-state index contributed by atoms with van der Waals surface area (Å²) in [6.45, 7) is 4.41. The Morgan fingerprint density at radius 2 is 1.66 bits per heavy atom. The van der Waals surface area contributed by atoms with Gasteiger partial charge in [0, 0.05) is 0 Å². The summed E-state index contributed by atoms with van der Waals surface area (Å²) >= 11 is 0. The summed E-state index contributed by atoms with van der Waals surface area (Å²) in [5.41, 5.74) is 2.00. The third-order valence-electron chi connectivity index (χ3n) is 5.93. The van der Waals surface area contributed by atoms with Crippen molar-refractivity contribution in [2.45, 2.75) is 44.6 Å². The van der Waals surface area contributed by atoms with Gasteiger partial charge in [-0.25, -0.2) is 4.90 Å². The summed E-state index contributed by atoms with van der Waals surface area (Å²) in [7, 11) is 0. The van der Waals surface area contributed by atoms with Crippen molar-refractivity contribution < 1.29 is 14.3 Å². The van der Waals surface area contributed by atoms with E-state index in [1.54, 1.807) is 12.1 Å². The van der Waals surface area contributed by atoms with E-state index in [-0.39, 0.29) is 24.3 Å². The number of ether oxygens (including phenoxy) is 1. The first kappa shape index (κ1) is 19.6. The van der Waals surface area contributed by atoms with E-state index in [0.29, 0.717) is 18.2 Å². The van der Waals surface area contributed by atoms with Gasteiger partial charge >= 0.3 is 0 Å². The molecule has 29 heavy (non-hydrogen) atoms. The topological polar surface area (TPSA) is 49.9 Å². The monoisotopic (exact) mass is 392 g/mol. The lowest BCUT2D eigenvalue weighted by Gasteiger charge is -2.35. The van der Waals surface area contributed by atoms with Gasteiger partial charge in [-0.1, -0.05) is 37.3 Å². The molecule has 2 aliphatic rings. The Morgan fingerprint density at radius 1 is 0.966 bits per heavy atom. The summed E-state index contributed by atoms with van der Waals surface area (Å²) < 4.78 is 5.59. The molecule has 4 rings (SSSR count). The van der Waals surface area contributed by atoms with E-state index < -0.39 is 0 Å². The Bertz CT molecular complexity index is 842. The predicted octanol–water partition coefficient (Wildman–Crippen LogP) is 3.99. The molecule has 5 heteroatoms. The van der Waals surface area contributed by atoms with Crippen LogP contribution in [0.15, 0.2) is 54.6 Å². The summed E-state index contributed by atoms with van der Waals surface area (Å²) in [4.78, 5) is 29.2. The van der Waals surface area contributed by atoms with Crippen LogP contribution in [-0.4, -0.2) is 42.5 Å². The minimum absolute atomic E-state index is 0.101. The third kappa shape index (κ3) is 4.20. The summed E-state index contributed by atoms with van der Waals surface area (Å²) in [6.07, 6.45) is 3.24. The number of carbonyl (C=O) groups is 2. The number of imide groups is 1. The highest BCUT2D eigenvalue weighted by molar-refractivity contribution is 6.22. The van der Waals surface area contributed by atoms with Gasteiger partial charge < -0.3 is 4.74 Å². The van der Waals surface area contributed by atoms with E-state index >= 15 is 0 Å². The Kier molecular flexibility index (Phi) is 5.95. The van der Waals surface area contributed by atoms with Crippen molar-refractivity contribution in [1.82, 2.24) is 4.90 Å². The number of piperidine rings is 1. The van der Waals surface area contributed by atoms with Crippen LogP contribution < -0.4 is 9.64 Å². The van der Waals surface area contributed by atoms with E-state index in [9.17, 15) is 9.59 Å². The van der Waals surface area contributed by atoms with Gasteiger partial charge in [-0.2, -0.15) is 0 Å². The molecule has 0 N–H and O–H groups in total. The molecule has 2 aliphatic heterocycles. The normalized spacial score (nSPS) is 21.0. The highest BCUT2D eigenvalue weighted by atomic mass is 16.5. The van der Waals surface area contributed by atoms with Gasteiger partial charge in [-0.3, -0.25) is 14.5 Å². The fourth-order valence-corrected chi connectivity index (χ4v) is 4.35. The SMILES string of the molecule is CCCOc1ccc(N2C(=O)CC(N3CCC(c4ccccc4)CC3)C2=O)cc1. The third-order valence-corrected chi connectivity index (χ3v) is 5.93.